The molecule has 0 saturated carbocycles. The summed E-state index contributed by atoms with van der Waals surface area (Å²) < 4.78 is 13.0. The van der Waals surface area contributed by atoms with E-state index in [-0.39, 0.29) is 11.9 Å². The van der Waals surface area contributed by atoms with Crippen molar-refractivity contribution in [1.29, 1.82) is 0 Å². The van der Waals surface area contributed by atoms with Gasteiger partial charge in [-0.1, -0.05) is 31.2 Å². The second-order valence-electron chi connectivity index (χ2n) is 6.29. The minimum Gasteiger partial charge on any atom is -0.384 e. The van der Waals surface area contributed by atoms with E-state index in [1.165, 1.54) is 17.8 Å². The maximum Gasteiger partial charge on any atom is 0.141 e. The topological polar surface area (TPSA) is 45.1 Å². The van der Waals surface area contributed by atoms with Crippen molar-refractivity contribution in [3.8, 4) is 0 Å². The largest absolute Gasteiger partial charge is 0.384 e. The monoisotopic (exact) mass is 314 g/mol. The lowest BCUT2D eigenvalue weighted by molar-refractivity contribution is 0.0163. The van der Waals surface area contributed by atoms with Crippen LogP contribution in [-0.2, 0) is 12.0 Å². The van der Waals surface area contributed by atoms with Crippen molar-refractivity contribution in [2.45, 2.75) is 44.2 Å². The third-order valence-electron chi connectivity index (χ3n) is 4.71. The van der Waals surface area contributed by atoms with Gasteiger partial charge in [-0.15, -0.1) is 0 Å². The van der Waals surface area contributed by atoms with Crippen LogP contribution in [0.15, 0.2) is 42.6 Å². The maximum atomic E-state index is 13.0. The van der Waals surface area contributed by atoms with Crippen LogP contribution in [0.4, 0.5) is 4.39 Å². The van der Waals surface area contributed by atoms with Gasteiger partial charge in [0.25, 0.3) is 0 Å². The van der Waals surface area contributed by atoms with Gasteiger partial charge in [0.2, 0.25) is 0 Å². The molecule has 1 heterocycles. The number of nitrogens with one attached hydrogen (secondary N) is 1. The molecule has 4 heteroatoms. The summed E-state index contributed by atoms with van der Waals surface area (Å²) in [6, 6.07) is 11.3. The summed E-state index contributed by atoms with van der Waals surface area (Å²) in [4.78, 5) is 4.16. The lowest BCUT2D eigenvalue weighted by Crippen LogP contribution is -2.42. The highest BCUT2D eigenvalue weighted by Gasteiger charge is 2.34. The van der Waals surface area contributed by atoms with Crippen LogP contribution in [0.25, 0.3) is 0 Å². The van der Waals surface area contributed by atoms with Crippen molar-refractivity contribution >= 4 is 0 Å². The first-order valence-corrected chi connectivity index (χ1v) is 8.28. The zero-order valence-electron chi connectivity index (χ0n) is 13.4. The van der Waals surface area contributed by atoms with Crippen LogP contribution in [0.3, 0.4) is 0 Å². The summed E-state index contributed by atoms with van der Waals surface area (Å²) in [5.41, 5.74) is 2.22. The van der Waals surface area contributed by atoms with E-state index in [1.54, 1.807) is 6.07 Å². The fourth-order valence-electron chi connectivity index (χ4n) is 3.43. The molecule has 0 spiro atoms. The highest BCUT2D eigenvalue weighted by atomic mass is 19.1. The van der Waals surface area contributed by atoms with E-state index in [4.69, 9.17) is 0 Å². The number of hydrogen-bond donors (Lipinski definition) is 2. The average molecular weight is 314 g/mol. The lowest BCUT2D eigenvalue weighted by Gasteiger charge is -2.36. The molecule has 0 saturated heterocycles. The molecule has 3 rings (SSSR count). The van der Waals surface area contributed by atoms with Crippen LogP contribution < -0.4 is 5.32 Å². The van der Waals surface area contributed by atoms with Crippen LogP contribution in [0.1, 0.15) is 49.0 Å². The number of benzene rings is 1. The van der Waals surface area contributed by atoms with E-state index in [0.29, 0.717) is 6.54 Å². The van der Waals surface area contributed by atoms with Gasteiger partial charge in [0, 0.05) is 12.6 Å². The lowest BCUT2D eigenvalue weighted by atomic mass is 9.79. The molecular formula is C19H23FN2O. The summed E-state index contributed by atoms with van der Waals surface area (Å²) in [6.07, 6.45) is 4.83. The molecule has 2 unspecified atom stereocenters. The molecule has 2 aromatic rings. The molecular weight excluding hydrogens is 291 g/mol. The molecule has 0 amide bonds. The molecule has 1 aromatic heterocycles. The Morgan fingerprint density at radius 3 is 2.87 bits per heavy atom. The molecule has 0 bridgehead atoms. The third-order valence-corrected chi connectivity index (χ3v) is 4.71. The van der Waals surface area contributed by atoms with Gasteiger partial charge in [-0.3, -0.25) is 4.98 Å². The molecule has 23 heavy (non-hydrogen) atoms. The van der Waals surface area contributed by atoms with Gasteiger partial charge in [-0.25, -0.2) is 4.39 Å². The Hall–Kier alpha value is -1.78. The predicted octanol–water partition coefficient (Wildman–Crippen LogP) is 3.49. The van der Waals surface area contributed by atoms with Crippen LogP contribution in [0.5, 0.6) is 0 Å². The minimum absolute atomic E-state index is 0.00807. The Morgan fingerprint density at radius 2 is 2.13 bits per heavy atom. The maximum absolute atomic E-state index is 13.0. The van der Waals surface area contributed by atoms with E-state index in [2.05, 4.69) is 23.3 Å². The highest BCUT2D eigenvalue weighted by molar-refractivity contribution is 5.35. The Kier molecular flexibility index (Phi) is 4.74. The molecule has 1 aliphatic carbocycles. The van der Waals surface area contributed by atoms with Gasteiger partial charge in [0.05, 0.1) is 11.9 Å². The van der Waals surface area contributed by atoms with Gasteiger partial charge in [0.1, 0.15) is 11.4 Å². The van der Waals surface area contributed by atoms with Gasteiger partial charge < -0.3 is 10.4 Å². The molecule has 0 aliphatic heterocycles. The number of aromatic nitrogens is 1. The van der Waals surface area contributed by atoms with Gasteiger partial charge >= 0.3 is 0 Å². The second kappa shape index (κ2) is 6.77. The number of pyridine rings is 1. The summed E-state index contributed by atoms with van der Waals surface area (Å²) >= 11 is 0. The Balaban J connectivity index is 1.75. The van der Waals surface area contributed by atoms with E-state index < -0.39 is 5.60 Å². The molecule has 2 atom stereocenters. The standard InChI is InChI=1S/C19H23FN2O/c1-2-17(18-10-9-15(20)12-21-18)22-13-19(23)11-5-7-14-6-3-4-8-16(14)19/h3-4,6,8-10,12,17,22-23H,2,5,7,11,13H2,1H3. The fourth-order valence-corrected chi connectivity index (χ4v) is 3.43. The van der Waals surface area contributed by atoms with Crippen LogP contribution in [0.2, 0.25) is 0 Å². The van der Waals surface area contributed by atoms with Crippen molar-refractivity contribution < 1.29 is 9.50 Å². The van der Waals surface area contributed by atoms with E-state index >= 15 is 0 Å². The molecule has 2 N–H and O–H groups in total. The van der Waals surface area contributed by atoms with Gasteiger partial charge in [-0.05, 0) is 48.9 Å². The number of halogens is 1. The third kappa shape index (κ3) is 3.43. The average Bonchev–Trinajstić information content (AvgIpc) is 2.57. The van der Waals surface area contributed by atoms with Crippen molar-refractivity contribution in [3.05, 3.63) is 65.2 Å². The van der Waals surface area contributed by atoms with E-state index in [1.807, 2.05) is 18.2 Å². The number of rotatable bonds is 5. The molecule has 3 nitrogen and oxygen atoms in total. The van der Waals surface area contributed by atoms with Gasteiger partial charge in [-0.2, -0.15) is 0 Å². The Bertz CT molecular complexity index is 659. The van der Waals surface area contributed by atoms with E-state index in [9.17, 15) is 9.50 Å². The number of nitrogens with zero attached hydrogens (tertiary/aromatic N) is 1. The van der Waals surface area contributed by atoms with Crippen molar-refractivity contribution in [2.75, 3.05) is 6.54 Å². The van der Waals surface area contributed by atoms with Crippen LogP contribution in [-0.4, -0.2) is 16.6 Å². The van der Waals surface area contributed by atoms with E-state index in [0.717, 1.165) is 36.9 Å². The van der Waals surface area contributed by atoms with Crippen LogP contribution in [0, 0.1) is 5.82 Å². The highest BCUT2D eigenvalue weighted by Crippen LogP contribution is 2.35. The zero-order chi connectivity index (χ0) is 16.3. The van der Waals surface area contributed by atoms with Crippen LogP contribution >= 0.6 is 0 Å². The molecule has 0 radical (unpaired) electrons. The summed E-state index contributed by atoms with van der Waals surface area (Å²) in [6.45, 7) is 2.53. The zero-order valence-corrected chi connectivity index (χ0v) is 13.4. The number of fused-ring (bicyclic) bond motifs is 1. The summed E-state index contributed by atoms with van der Waals surface area (Å²) in [5.74, 6) is -0.330. The number of hydrogen-bond acceptors (Lipinski definition) is 3. The molecule has 122 valence electrons. The number of aliphatic hydroxyl groups is 1. The quantitative estimate of drug-likeness (QED) is 0.888. The number of aryl methyl sites for hydroxylation is 1. The predicted molar refractivity (Wildman–Crippen MR) is 88.5 cm³/mol. The summed E-state index contributed by atoms with van der Waals surface area (Å²) in [5, 5.41) is 14.5. The fraction of sp³-hybridized carbons (Fsp3) is 0.421. The van der Waals surface area contributed by atoms with Crippen molar-refractivity contribution in [2.24, 2.45) is 0 Å². The second-order valence-corrected chi connectivity index (χ2v) is 6.29. The molecule has 1 aliphatic rings. The first kappa shape index (κ1) is 16.1. The first-order chi connectivity index (χ1) is 11.1. The summed E-state index contributed by atoms with van der Waals surface area (Å²) in [7, 11) is 0. The molecule has 1 aromatic carbocycles. The first-order valence-electron chi connectivity index (χ1n) is 8.28. The van der Waals surface area contributed by atoms with Gasteiger partial charge in [0.15, 0.2) is 0 Å². The SMILES string of the molecule is CCC(NCC1(O)CCCc2ccccc21)c1ccc(F)cn1. The minimum atomic E-state index is -0.845. The molecule has 0 fully saturated rings. The Labute approximate surface area is 136 Å². The Morgan fingerprint density at radius 1 is 1.30 bits per heavy atom. The normalized spacial score (nSPS) is 21.7. The smallest absolute Gasteiger partial charge is 0.141 e. The van der Waals surface area contributed by atoms with Crippen molar-refractivity contribution in [3.63, 3.8) is 0 Å². The van der Waals surface area contributed by atoms with Crippen molar-refractivity contribution in [1.82, 2.24) is 10.3 Å².